The number of halogens is 6. The van der Waals surface area contributed by atoms with Crippen LogP contribution in [0.25, 0.3) is 11.1 Å². The number of nitrogens with one attached hydrogen (secondary N) is 1. The third kappa shape index (κ3) is 7.30. The van der Waals surface area contributed by atoms with Crippen LogP contribution in [0.2, 0.25) is 10.0 Å². The lowest BCUT2D eigenvalue weighted by atomic mass is 9.87. The molecule has 3 aromatic rings. The van der Waals surface area contributed by atoms with Crippen LogP contribution in [0.4, 0.5) is 23.2 Å². The van der Waals surface area contributed by atoms with Crippen LogP contribution in [0.5, 0.6) is 5.75 Å². The number of aryl methyl sites for hydroxylation is 1. The lowest BCUT2D eigenvalue weighted by Crippen LogP contribution is -2.29. The molecular formula is C31H30Cl2F4N2O3S. The Hall–Kier alpha value is -2.79. The standard InChI is InChI=1S/C31H30Cl2F4N2O3S/c32-22-7-11-27(29(33)18-22)28-4-1-3-21-17-23(38-43(40,41)31(35,36)37)8-12-26(21)30(28)20-5-9-24(10-6-20)42-25-13-16-39(19-25)15-2-14-34/h5-12,17-18,25,38H,1-4,13-16,19H2. The van der Waals surface area contributed by atoms with E-state index in [-0.39, 0.29) is 18.5 Å². The summed E-state index contributed by atoms with van der Waals surface area (Å²) in [6.45, 7) is 1.97. The molecule has 1 unspecified atom stereocenters. The number of hydrogen-bond donors (Lipinski definition) is 1. The second kappa shape index (κ2) is 13.1. The van der Waals surface area contributed by atoms with E-state index in [1.165, 1.54) is 12.1 Å². The Bertz CT molecular complexity index is 1610. The van der Waals surface area contributed by atoms with Crippen LogP contribution in [0, 0.1) is 0 Å². The maximum absolute atomic E-state index is 13.0. The maximum Gasteiger partial charge on any atom is 0.516 e. The van der Waals surface area contributed by atoms with Crippen molar-refractivity contribution < 1.29 is 30.7 Å². The first-order valence-corrected chi connectivity index (χ1v) is 16.2. The first kappa shape index (κ1) is 31.6. The molecule has 3 aromatic carbocycles. The van der Waals surface area contributed by atoms with E-state index in [1.54, 1.807) is 22.9 Å². The van der Waals surface area contributed by atoms with Crippen LogP contribution >= 0.6 is 23.2 Å². The summed E-state index contributed by atoms with van der Waals surface area (Å²) < 4.78 is 83.1. The molecule has 5 nitrogen and oxygen atoms in total. The summed E-state index contributed by atoms with van der Waals surface area (Å²) in [7, 11) is -5.56. The summed E-state index contributed by atoms with van der Waals surface area (Å²) in [5.41, 5.74) is -0.712. The van der Waals surface area contributed by atoms with E-state index in [0.29, 0.717) is 53.6 Å². The maximum atomic E-state index is 13.0. The van der Waals surface area contributed by atoms with Crippen LogP contribution in [0.15, 0.2) is 60.7 Å². The minimum Gasteiger partial charge on any atom is -0.489 e. The van der Waals surface area contributed by atoms with Crippen LogP contribution in [-0.4, -0.2) is 51.2 Å². The predicted octanol–water partition coefficient (Wildman–Crippen LogP) is 8.36. The molecule has 0 bridgehead atoms. The van der Waals surface area contributed by atoms with Gasteiger partial charge in [0, 0.05) is 35.4 Å². The SMILES string of the molecule is O=S(=O)(Nc1ccc2c(c1)CCCC(c1ccc(Cl)cc1Cl)=C2c1ccc(OC2CCN(CCCF)C2)cc1)C(F)(F)F. The molecule has 1 saturated heterocycles. The highest BCUT2D eigenvalue weighted by Crippen LogP contribution is 2.43. The van der Waals surface area contributed by atoms with Crippen molar-refractivity contribution in [3.05, 3.63) is 93.0 Å². The molecule has 0 spiro atoms. The molecule has 2 aliphatic rings. The van der Waals surface area contributed by atoms with Crippen LogP contribution < -0.4 is 9.46 Å². The minimum atomic E-state index is -5.56. The minimum absolute atomic E-state index is 0.00520. The van der Waals surface area contributed by atoms with E-state index in [4.69, 9.17) is 27.9 Å². The van der Waals surface area contributed by atoms with Gasteiger partial charge in [0.15, 0.2) is 0 Å². The molecule has 1 fully saturated rings. The van der Waals surface area contributed by atoms with Crippen molar-refractivity contribution in [3.8, 4) is 5.75 Å². The number of benzene rings is 3. The van der Waals surface area contributed by atoms with Gasteiger partial charge in [-0.05, 0) is 102 Å². The van der Waals surface area contributed by atoms with Crippen LogP contribution in [0.1, 0.15) is 47.9 Å². The smallest absolute Gasteiger partial charge is 0.489 e. The summed E-state index contributed by atoms with van der Waals surface area (Å²) >= 11 is 12.8. The number of ether oxygens (including phenoxy) is 1. The molecular weight excluding hydrogens is 627 g/mol. The van der Waals surface area contributed by atoms with E-state index in [0.717, 1.165) is 47.3 Å². The number of nitrogens with zero attached hydrogens (tertiary/aromatic N) is 1. The number of allylic oxidation sites excluding steroid dienone is 1. The van der Waals surface area contributed by atoms with Gasteiger partial charge in [-0.1, -0.05) is 47.5 Å². The van der Waals surface area contributed by atoms with E-state index in [2.05, 4.69) is 4.90 Å². The molecule has 0 radical (unpaired) electrons. The third-order valence-electron chi connectivity index (χ3n) is 7.65. The predicted molar refractivity (Wildman–Crippen MR) is 163 cm³/mol. The molecule has 5 rings (SSSR count). The monoisotopic (exact) mass is 656 g/mol. The van der Waals surface area contributed by atoms with E-state index in [1.807, 2.05) is 30.3 Å². The lowest BCUT2D eigenvalue weighted by Gasteiger charge is -2.20. The van der Waals surface area contributed by atoms with Gasteiger partial charge in [-0.3, -0.25) is 14.0 Å². The van der Waals surface area contributed by atoms with Crippen molar-refractivity contribution in [1.82, 2.24) is 4.90 Å². The van der Waals surface area contributed by atoms with Crippen molar-refractivity contribution in [2.75, 3.05) is 31.0 Å². The van der Waals surface area contributed by atoms with Gasteiger partial charge in [0.2, 0.25) is 0 Å². The Kier molecular flexibility index (Phi) is 9.61. The van der Waals surface area contributed by atoms with Gasteiger partial charge < -0.3 is 4.74 Å². The van der Waals surface area contributed by atoms with E-state index in [9.17, 15) is 26.0 Å². The molecule has 230 valence electrons. The van der Waals surface area contributed by atoms with Gasteiger partial charge in [-0.2, -0.15) is 21.6 Å². The molecule has 1 N–H and O–H groups in total. The summed E-state index contributed by atoms with van der Waals surface area (Å²) in [5, 5.41) is 0.958. The van der Waals surface area contributed by atoms with Gasteiger partial charge in [0.25, 0.3) is 0 Å². The quantitative estimate of drug-likeness (QED) is 0.235. The van der Waals surface area contributed by atoms with Crippen molar-refractivity contribution in [3.63, 3.8) is 0 Å². The van der Waals surface area contributed by atoms with Crippen LogP contribution in [-0.2, 0) is 16.4 Å². The second-order valence-electron chi connectivity index (χ2n) is 10.7. The second-order valence-corrected chi connectivity index (χ2v) is 13.2. The third-order valence-corrected chi connectivity index (χ3v) is 9.31. The lowest BCUT2D eigenvalue weighted by molar-refractivity contribution is -0.0429. The van der Waals surface area contributed by atoms with Gasteiger partial charge >= 0.3 is 15.5 Å². The van der Waals surface area contributed by atoms with Crippen molar-refractivity contribution in [1.29, 1.82) is 0 Å². The van der Waals surface area contributed by atoms with Crippen LogP contribution in [0.3, 0.4) is 0 Å². The zero-order chi connectivity index (χ0) is 30.8. The van der Waals surface area contributed by atoms with Gasteiger partial charge in [0.1, 0.15) is 11.9 Å². The average Bonchev–Trinajstić information content (AvgIpc) is 3.30. The summed E-state index contributed by atoms with van der Waals surface area (Å²) in [4.78, 5) is 2.19. The Morgan fingerprint density at radius 2 is 1.72 bits per heavy atom. The highest BCUT2D eigenvalue weighted by molar-refractivity contribution is 7.93. The van der Waals surface area contributed by atoms with E-state index >= 15 is 0 Å². The van der Waals surface area contributed by atoms with Gasteiger partial charge in [0.05, 0.1) is 6.67 Å². The van der Waals surface area contributed by atoms with Crippen molar-refractivity contribution >= 4 is 50.1 Å². The van der Waals surface area contributed by atoms with Gasteiger partial charge in [-0.15, -0.1) is 0 Å². The fourth-order valence-corrected chi connectivity index (χ4v) is 6.75. The Morgan fingerprint density at radius 3 is 2.42 bits per heavy atom. The summed E-state index contributed by atoms with van der Waals surface area (Å²) in [6.07, 6.45) is 3.15. The number of anilines is 1. The average molecular weight is 658 g/mol. The number of rotatable bonds is 9. The Balaban J connectivity index is 1.51. The first-order chi connectivity index (χ1) is 20.4. The number of sulfonamides is 1. The molecule has 0 aromatic heterocycles. The molecule has 0 amide bonds. The normalized spacial score (nSPS) is 18.0. The fourth-order valence-electron chi connectivity index (χ4n) is 5.67. The zero-order valence-corrected chi connectivity index (χ0v) is 25.4. The number of likely N-dealkylation sites (tertiary alicyclic amines) is 1. The molecule has 1 atom stereocenters. The highest BCUT2D eigenvalue weighted by Gasteiger charge is 2.46. The molecule has 43 heavy (non-hydrogen) atoms. The Labute approximate surface area is 258 Å². The Morgan fingerprint density at radius 1 is 0.977 bits per heavy atom. The molecule has 12 heteroatoms. The zero-order valence-electron chi connectivity index (χ0n) is 23.1. The van der Waals surface area contributed by atoms with Gasteiger partial charge in [-0.25, -0.2) is 0 Å². The number of alkyl halides is 4. The summed E-state index contributed by atoms with van der Waals surface area (Å²) in [6, 6.07) is 17.3. The first-order valence-electron chi connectivity index (χ1n) is 13.9. The van der Waals surface area contributed by atoms with Crippen molar-refractivity contribution in [2.45, 2.75) is 43.7 Å². The fraction of sp³-hybridized carbons (Fsp3) is 0.355. The molecule has 1 aliphatic carbocycles. The molecule has 0 saturated carbocycles. The highest BCUT2D eigenvalue weighted by atomic mass is 35.5. The van der Waals surface area contributed by atoms with E-state index < -0.39 is 15.5 Å². The number of fused-ring (bicyclic) bond motifs is 1. The molecule has 1 aliphatic heterocycles. The largest absolute Gasteiger partial charge is 0.516 e. The van der Waals surface area contributed by atoms with Crippen molar-refractivity contribution in [2.24, 2.45) is 0 Å². The summed E-state index contributed by atoms with van der Waals surface area (Å²) in [5.74, 6) is 0.693. The molecule has 1 heterocycles. The topological polar surface area (TPSA) is 58.6 Å². The number of hydrogen-bond acceptors (Lipinski definition) is 4.